The first-order valence-corrected chi connectivity index (χ1v) is 10.3. The first-order chi connectivity index (χ1) is 14.0. The number of nitrogens with one attached hydrogen (secondary N) is 1. The first kappa shape index (κ1) is 19.5. The fourth-order valence-corrected chi connectivity index (χ4v) is 4.51. The zero-order chi connectivity index (χ0) is 20.4. The molecule has 1 unspecified atom stereocenters. The minimum atomic E-state index is 0.205. The summed E-state index contributed by atoms with van der Waals surface area (Å²) in [4.78, 5) is 16.2. The molecule has 29 heavy (non-hydrogen) atoms. The number of benzene rings is 2. The van der Waals surface area contributed by atoms with Crippen molar-refractivity contribution in [1.82, 2.24) is 9.47 Å². The number of nitrogens with zero attached hydrogens (tertiary/aromatic N) is 2. The maximum atomic E-state index is 12.9. The Hall–Kier alpha value is -2.79. The highest BCUT2D eigenvalue weighted by atomic mass is 16.5. The average Bonchev–Trinajstić information content (AvgIpc) is 3.35. The minimum Gasteiger partial charge on any atom is -0.497 e. The lowest BCUT2D eigenvalue weighted by molar-refractivity contribution is -0.911. The largest absolute Gasteiger partial charge is 0.497 e. The van der Waals surface area contributed by atoms with E-state index < -0.39 is 0 Å². The molecule has 1 N–H and O–H groups in total. The van der Waals surface area contributed by atoms with E-state index in [0.29, 0.717) is 19.1 Å². The standard InChI is InChI=1S/C24H29N3O2/c1-25-12-4-6-22(25)23-7-5-13-27(23)17-24(28)26(2)16-18-8-9-20-15-21(29-3)11-10-19(20)14-18/h4,6,8-12,14-15,23H,5,7,13,16-17H2,1-3H3/p+1/t23-/m1/s1. The van der Waals surface area contributed by atoms with Gasteiger partial charge in [0.05, 0.1) is 19.3 Å². The molecule has 2 heterocycles. The molecule has 1 aliphatic heterocycles. The predicted octanol–water partition coefficient (Wildman–Crippen LogP) is 2.57. The summed E-state index contributed by atoms with van der Waals surface area (Å²) < 4.78 is 7.49. The number of rotatable bonds is 6. The quantitative estimate of drug-likeness (QED) is 0.700. The number of aromatic nitrogens is 1. The van der Waals surface area contributed by atoms with Crippen LogP contribution in [0.4, 0.5) is 0 Å². The molecule has 0 spiro atoms. The number of carbonyl (C=O) groups excluding carboxylic acids is 1. The fourth-order valence-electron chi connectivity index (χ4n) is 4.51. The van der Waals surface area contributed by atoms with Crippen LogP contribution in [0.2, 0.25) is 0 Å². The fraction of sp³-hybridized carbons (Fsp3) is 0.375. The van der Waals surface area contributed by atoms with Crippen molar-refractivity contribution >= 4 is 16.7 Å². The number of fused-ring (bicyclic) bond motifs is 1. The third-order valence-electron chi connectivity index (χ3n) is 6.16. The molecule has 4 rings (SSSR count). The van der Waals surface area contributed by atoms with Gasteiger partial charge >= 0.3 is 0 Å². The van der Waals surface area contributed by atoms with Crippen molar-refractivity contribution in [3.05, 3.63) is 66.0 Å². The molecular formula is C24H30N3O2+. The van der Waals surface area contributed by atoms with Gasteiger partial charge in [-0.15, -0.1) is 0 Å². The van der Waals surface area contributed by atoms with E-state index in [0.717, 1.165) is 35.1 Å². The third kappa shape index (κ3) is 4.15. The molecule has 0 aliphatic carbocycles. The Kier molecular flexibility index (Phi) is 5.58. The van der Waals surface area contributed by atoms with Crippen LogP contribution >= 0.6 is 0 Å². The van der Waals surface area contributed by atoms with Crippen LogP contribution in [-0.2, 0) is 18.4 Å². The second kappa shape index (κ2) is 8.29. The van der Waals surface area contributed by atoms with E-state index in [-0.39, 0.29) is 5.91 Å². The van der Waals surface area contributed by atoms with Crippen molar-refractivity contribution in [2.45, 2.75) is 25.4 Å². The van der Waals surface area contributed by atoms with Crippen molar-refractivity contribution < 1.29 is 14.4 Å². The van der Waals surface area contributed by atoms with Gasteiger partial charge in [-0.05, 0) is 46.7 Å². The van der Waals surface area contributed by atoms with Crippen LogP contribution < -0.4 is 9.64 Å². The lowest BCUT2D eigenvalue weighted by Gasteiger charge is -2.24. The van der Waals surface area contributed by atoms with E-state index >= 15 is 0 Å². The van der Waals surface area contributed by atoms with Gasteiger partial charge in [0, 0.05) is 39.7 Å². The summed E-state index contributed by atoms with van der Waals surface area (Å²) in [5, 5.41) is 2.31. The Bertz CT molecular complexity index is 1010. The smallest absolute Gasteiger partial charge is 0.277 e. The number of methoxy groups -OCH3 is 1. The van der Waals surface area contributed by atoms with Gasteiger partial charge in [-0.1, -0.05) is 18.2 Å². The van der Waals surface area contributed by atoms with Crippen LogP contribution in [0.15, 0.2) is 54.7 Å². The molecule has 5 nitrogen and oxygen atoms in total. The first-order valence-electron chi connectivity index (χ1n) is 10.3. The predicted molar refractivity (Wildman–Crippen MR) is 115 cm³/mol. The number of hydrogen-bond donors (Lipinski definition) is 1. The van der Waals surface area contributed by atoms with Crippen LogP contribution in [0.3, 0.4) is 0 Å². The average molecular weight is 393 g/mol. The van der Waals surface area contributed by atoms with E-state index in [1.54, 1.807) is 7.11 Å². The van der Waals surface area contributed by atoms with Crippen molar-refractivity contribution in [3.8, 4) is 5.75 Å². The Morgan fingerprint density at radius 2 is 2.00 bits per heavy atom. The summed E-state index contributed by atoms with van der Waals surface area (Å²) in [5.74, 6) is 1.06. The number of likely N-dealkylation sites (N-methyl/N-ethyl adjacent to an activating group) is 1. The maximum Gasteiger partial charge on any atom is 0.277 e. The number of likely N-dealkylation sites (tertiary alicyclic amines) is 1. The summed E-state index contributed by atoms with van der Waals surface area (Å²) in [7, 11) is 5.68. The summed E-state index contributed by atoms with van der Waals surface area (Å²) in [6, 6.07) is 17.1. The van der Waals surface area contributed by atoms with E-state index in [9.17, 15) is 4.79 Å². The lowest BCUT2D eigenvalue weighted by atomic mass is 10.1. The van der Waals surface area contributed by atoms with Gasteiger partial charge in [-0.2, -0.15) is 0 Å². The van der Waals surface area contributed by atoms with Crippen LogP contribution in [0.5, 0.6) is 5.75 Å². The second-order valence-electron chi connectivity index (χ2n) is 8.12. The Balaban J connectivity index is 1.41. The van der Waals surface area contributed by atoms with Crippen LogP contribution in [0, 0.1) is 0 Å². The Morgan fingerprint density at radius 3 is 2.76 bits per heavy atom. The van der Waals surface area contributed by atoms with Crippen molar-refractivity contribution in [3.63, 3.8) is 0 Å². The number of aryl methyl sites for hydroxylation is 1. The zero-order valence-electron chi connectivity index (χ0n) is 17.5. The maximum absolute atomic E-state index is 12.9. The molecule has 2 atom stereocenters. The molecule has 152 valence electrons. The summed E-state index contributed by atoms with van der Waals surface area (Å²) >= 11 is 0. The molecular weight excluding hydrogens is 362 g/mol. The summed E-state index contributed by atoms with van der Waals surface area (Å²) in [5.41, 5.74) is 2.48. The zero-order valence-corrected chi connectivity index (χ0v) is 17.5. The molecule has 1 fully saturated rings. The topological polar surface area (TPSA) is 38.9 Å². The molecule has 0 radical (unpaired) electrons. The van der Waals surface area contributed by atoms with Crippen molar-refractivity contribution in [2.75, 3.05) is 27.2 Å². The van der Waals surface area contributed by atoms with E-state index in [4.69, 9.17) is 4.74 Å². The normalized spacial score (nSPS) is 18.9. The van der Waals surface area contributed by atoms with Crippen LogP contribution in [0.25, 0.3) is 10.8 Å². The van der Waals surface area contributed by atoms with Gasteiger partial charge in [0.1, 0.15) is 11.8 Å². The van der Waals surface area contributed by atoms with Gasteiger partial charge in [0.15, 0.2) is 6.54 Å². The van der Waals surface area contributed by atoms with Gasteiger partial charge in [-0.25, -0.2) is 0 Å². The van der Waals surface area contributed by atoms with Crippen molar-refractivity contribution in [2.24, 2.45) is 7.05 Å². The highest BCUT2D eigenvalue weighted by molar-refractivity contribution is 5.84. The molecule has 5 heteroatoms. The number of hydrogen-bond acceptors (Lipinski definition) is 2. The second-order valence-corrected chi connectivity index (χ2v) is 8.12. The van der Waals surface area contributed by atoms with Gasteiger partial charge in [0.25, 0.3) is 5.91 Å². The van der Waals surface area contributed by atoms with E-state index in [2.05, 4.69) is 54.2 Å². The van der Waals surface area contributed by atoms with E-state index in [1.807, 2.05) is 24.1 Å². The molecule has 1 aromatic heterocycles. The number of ether oxygens (including phenoxy) is 1. The number of quaternary nitrogens is 1. The van der Waals surface area contributed by atoms with Gasteiger partial charge in [-0.3, -0.25) is 4.79 Å². The Morgan fingerprint density at radius 1 is 1.21 bits per heavy atom. The number of carbonyl (C=O) groups is 1. The van der Waals surface area contributed by atoms with Crippen LogP contribution in [-0.4, -0.2) is 42.6 Å². The minimum absolute atomic E-state index is 0.205. The highest BCUT2D eigenvalue weighted by Gasteiger charge is 2.33. The third-order valence-corrected chi connectivity index (χ3v) is 6.16. The van der Waals surface area contributed by atoms with Crippen molar-refractivity contribution in [1.29, 1.82) is 0 Å². The summed E-state index contributed by atoms with van der Waals surface area (Å²) in [6.45, 7) is 2.24. The molecule has 3 aromatic rings. The molecule has 0 bridgehead atoms. The SMILES string of the molecule is COc1ccc2cc(CN(C)C(=O)C[NH+]3CCC[C@@H]3c3cccn3C)ccc2c1. The molecule has 1 amide bonds. The molecule has 1 aliphatic rings. The summed E-state index contributed by atoms with van der Waals surface area (Å²) in [6.07, 6.45) is 4.42. The number of amides is 1. The highest BCUT2D eigenvalue weighted by Crippen LogP contribution is 2.22. The van der Waals surface area contributed by atoms with Gasteiger partial charge < -0.3 is 19.1 Å². The monoisotopic (exact) mass is 392 g/mol. The van der Waals surface area contributed by atoms with Gasteiger partial charge in [0.2, 0.25) is 0 Å². The Labute approximate surface area is 172 Å². The van der Waals surface area contributed by atoms with E-state index in [1.165, 1.54) is 17.0 Å². The molecule has 1 saturated heterocycles. The molecule has 0 saturated carbocycles. The van der Waals surface area contributed by atoms with Crippen LogP contribution in [0.1, 0.15) is 30.1 Å². The molecule has 2 aromatic carbocycles. The lowest BCUT2D eigenvalue weighted by Crippen LogP contribution is -3.11.